The zero-order chi connectivity index (χ0) is 18.6. The summed E-state index contributed by atoms with van der Waals surface area (Å²) in [6, 6.07) is 12.1. The van der Waals surface area contributed by atoms with Gasteiger partial charge in [-0.2, -0.15) is 5.26 Å². The summed E-state index contributed by atoms with van der Waals surface area (Å²) in [6.07, 6.45) is 4.33. The van der Waals surface area contributed by atoms with Gasteiger partial charge < -0.3 is 10.3 Å². The molecule has 1 aliphatic heterocycles. The lowest BCUT2D eigenvalue weighted by molar-refractivity contribution is 0.0796. The molecule has 1 fully saturated rings. The van der Waals surface area contributed by atoms with Crippen LogP contribution in [0.15, 0.2) is 36.7 Å². The van der Waals surface area contributed by atoms with E-state index in [1.54, 1.807) is 6.33 Å². The van der Waals surface area contributed by atoms with E-state index in [0.717, 1.165) is 36.0 Å². The van der Waals surface area contributed by atoms with Crippen LogP contribution in [0.5, 0.6) is 0 Å². The molecule has 2 aliphatic rings. The van der Waals surface area contributed by atoms with Crippen LogP contribution < -0.4 is 5.32 Å². The van der Waals surface area contributed by atoms with Gasteiger partial charge in [0.1, 0.15) is 0 Å². The van der Waals surface area contributed by atoms with E-state index in [9.17, 15) is 10.1 Å². The molecule has 0 spiro atoms. The molecule has 0 radical (unpaired) electrons. The highest BCUT2D eigenvalue weighted by Gasteiger charge is 2.52. The molecular weight excluding hydrogens is 336 g/mol. The van der Waals surface area contributed by atoms with Crippen LogP contribution in [0.1, 0.15) is 51.4 Å². The highest BCUT2D eigenvalue weighted by molar-refractivity contribution is 6.06. The van der Waals surface area contributed by atoms with Crippen molar-refractivity contribution in [3.8, 4) is 6.07 Å². The van der Waals surface area contributed by atoms with Crippen molar-refractivity contribution in [3.05, 3.63) is 64.5 Å². The molecule has 5 nitrogen and oxygen atoms in total. The zero-order valence-corrected chi connectivity index (χ0v) is 15.2. The minimum atomic E-state index is -0.616. The van der Waals surface area contributed by atoms with Crippen molar-refractivity contribution in [2.45, 2.75) is 37.6 Å². The van der Waals surface area contributed by atoms with E-state index < -0.39 is 5.54 Å². The molecule has 2 aromatic carbocycles. The zero-order valence-electron chi connectivity index (χ0n) is 15.2. The van der Waals surface area contributed by atoms with E-state index in [0.29, 0.717) is 17.5 Å². The second-order valence-corrected chi connectivity index (χ2v) is 7.71. The first-order valence-electron chi connectivity index (χ1n) is 9.39. The summed E-state index contributed by atoms with van der Waals surface area (Å²) in [4.78, 5) is 21.1. The first-order chi connectivity index (χ1) is 13.1. The van der Waals surface area contributed by atoms with Crippen molar-refractivity contribution in [2.75, 3.05) is 6.54 Å². The third kappa shape index (κ3) is 2.27. The maximum Gasteiger partial charge on any atom is 0.183 e. The van der Waals surface area contributed by atoms with Gasteiger partial charge in [-0.05, 0) is 73.7 Å². The number of Topliss-reactive ketones (excluding diaryl/α,β-unsaturated/α-hetero) is 1. The van der Waals surface area contributed by atoms with Gasteiger partial charge in [-0.3, -0.25) is 4.79 Å². The number of imidazole rings is 1. The molecule has 2 unspecified atom stereocenters. The second-order valence-electron chi connectivity index (χ2n) is 7.71. The van der Waals surface area contributed by atoms with Gasteiger partial charge in [0.2, 0.25) is 0 Å². The molecule has 2 atom stereocenters. The van der Waals surface area contributed by atoms with Gasteiger partial charge in [-0.15, -0.1) is 0 Å². The topological polar surface area (TPSA) is 81.6 Å². The van der Waals surface area contributed by atoms with Crippen molar-refractivity contribution < 1.29 is 4.79 Å². The summed E-state index contributed by atoms with van der Waals surface area (Å²) in [5.41, 5.74) is 5.88. The van der Waals surface area contributed by atoms with Crippen LogP contribution in [0, 0.1) is 18.3 Å². The predicted octanol–water partition coefficient (Wildman–Crippen LogP) is 3.39. The van der Waals surface area contributed by atoms with E-state index in [-0.39, 0.29) is 11.7 Å². The number of H-pyrrole nitrogens is 1. The van der Waals surface area contributed by atoms with Crippen molar-refractivity contribution in [1.29, 1.82) is 5.26 Å². The Morgan fingerprint density at radius 2 is 2.22 bits per heavy atom. The maximum absolute atomic E-state index is 13.7. The summed E-state index contributed by atoms with van der Waals surface area (Å²) >= 11 is 0. The number of benzene rings is 2. The van der Waals surface area contributed by atoms with Crippen LogP contribution in [-0.4, -0.2) is 27.8 Å². The largest absolute Gasteiger partial charge is 0.345 e. The second kappa shape index (κ2) is 5.77. The average molecular weight is 356 g/mol. The Balaban J connectivity index is 1.62. The van der Waals surface area contributed by atoms with E-state index in [2.05, 4.69) is 27.4 Å². The van der Waals surface area contributed by atoms with Crippen molar-refractivity contribution in [3.63, 3.8) is 0 Å². The number of carbonyl (C=O) groups is 1. The monoisotopic (exact) mass is 356 g/mol. The Labute approximate surface area is 157 Å². The van der Waals surface area contributed by atoms with E-state index >= 15 is 0 Å². The lowest BCUT2D eigenvalue weighted by Crippen LogP contribution is -2.58. The van der Waals surface area contributed by atoms with Crippen molar-refractivity contribution >= 4 is 16.8 Å². The van der Waals surface area contributed by atoms with Gasteiger partial charge in [0, 0.05) is 11.5 Å². The number of hydrogen-bond acceptors (Lipinski definition) is 4. The lowest BCUT2D eigenvalue weighted by Gasteiger charge is -2.39. The highest BCUT2D eigenvalue weighted by Crippen LogP contribution is 2.48. The molecule has 2 N–H and O–H groups in total. The summed E-state index contributed by atoms with van der Waals surface area (Å²) in [6.45, 7) is 2.81. The number of nitrogens with one attached hydrogen (secondary N) is 2. The molecule has 2 heterocycles. The van der Waals surface area contributed by atoms with Crippen LogP contribution in [-0.2, 0) is 6.42 Å². The van der Waals surface area contributed by atoms with Crippen molar-refractivity contribution in [1.82, 2.24) is 15.3 Å². The molecule has 5 rings (SSSR count). The standard InChI is InChI=1S/C22H20N4O/c1-13-7-15-10-22(18(3-2-6-26-22)17(15)8-16(13)11-23)21(27)14-4-5-19-20(9-14)25-12-24-19/h4-5,7-9,12,18,26H,2-3,6,10H2,1H3,(H,24,25). The Bertz CT molecular complexity index is 1120. The summed E-state index contributed by atoms with van der Waals surface area (Å²) in [5.74, 6) is 0.245. The van der Waals surface area contributed by atoms with Crippen LogP contribution in [0.25, 0.3) is 11.0 Å². The highest BCUT2D eigenvalue weighted by atomic mass is 16.1. The summed E-state index contributed by atoms with van der Waals surface area (Å²) < 4.78 is 0. The average Bonchev–Trinajstić information content (AvgIpc) is 3.28. The summed E-state index contributed by atoms with van der Waals surface area (Å²) in [5, 5.41) is 13.0. The molecule has 1 aliphatic carbocycles. The third-order valence-electron chi connectivity index (χ3n) is 6.24. The van der Waals surface area contributed by atoms with Gasteiger partial charge >= 0.3 is 0 Å². The molecule has 134 valence electrons. The number of rotatable bonds is 2. The molecule has 0 amide bonds. The van der Waals surface area contributed by atoms with E-state index in [1.165, 1.54) is 11.1 Å². The number of ketones is 1. The number of aromatic nitrogens is 2. The molecule has 1 saturated heterocycles. The smallest absolute Gasteiger partial charge is 0.183 e. The van der Waals surface area contributed by atoms with Crippen LogP contribution in [0.4, 0.5) is 0 Å². The number of piperidine rings is 1. The molecule has 0 saturated carbocycles. The van der Waals surface area contributed by atoms with Crippen LogP contribution in [0.3, 0.4) is 0 Å². The van der Waals surface area contributed by atoms with Crippen LogP contribution >= 0.6 is 0 Å². The normalized spacial score (nSPS) is 23.6. The molecule has 5 heteroatoms. The van der Waals surface area contributed by atoms with E-state index in [1.807, 2.05) is 31.2 Å². The lowest BCUT2D eigenvalue weighted by atomic mass is 9.74. The summed E-state index contributed by atoms with van der Waals surface area (Å²) in [7, 11) is 0. The SMILES string of the molecule is Cc1cc2c(cc1C#N)C1CCCNC1(C(=O)c1ccc3nc[nH]c3c1)C2. The molecule has 27 heavy (non-hydrogen) atoms. The van der Waals surface area contributed by atoms with Gasteiger partial charge in [0.25, 0.3) is 0 Å². The third-order valence-corrected chi connectivity index (χ3v) is 6.24. The fourth-order valence-corrected chi connectivity index (χ4v) is 4.93. The number of nitrogens with zero attached hydrogens (tertiary/aromatic N) is 2. The first kappa shape index (κ1) is 16.2. The Hall–Kier alpha value is -2.97. The quantitative estimate of drug-likeness (QED) is 0.690. The molecule has 0 bridgehead atoms. The number of fused-ring (bicyclic) bond motifs is 4. The predicted molar refractivity (Wildman–Crippen MR) is 103 cm³/mol. The molecule has 1 aromatic heterocycles. The Morgan fingerprint density at radius 3 is 3.07 bits per heavy atom. The van der Waals surface area contributed by atoms with Crippen molar-refractivity contribution in [2.24, 2.45) is 0 Å². The molecular formula is C22H20N4O. The number of aryl methyl sites for hydroxylation is 1. The number of carbonyl (C=O) groups excluding carboxylic acids is 1. The Morgan fingerprint density at radius 1 is 1.33 bits per heavy atom. The van der Waals surface area contributed by atoms with Gasteiger partial charge in [0.05, 0.1) is 34.5 Å². The van der Waals surface area contributed by atoms with Gasteiger partial charge in [0.15, 0.2) is 5.78 Å². The number of hydrogen-bond donors (Lipinski definition) is 2. The number of nitriles is 1. The Kier molecular flexibility index (Phi) is 3.46. The van der Waals surface area contributed by atoms with Crippen LogP contribution in [0.2, 0.25) is 0 Å². The molecule has 3 aromatic rings. The van der Waals surface area contributed by atoms with Gasteiger partial charge in [-0.1, -0.05) is 6.07 Å². The maximum atomic E-state index is 13.7. The fourth-order valence-electron chi connectivity index (χ4n) is 4.93. The van der Waals surface area contributed by atoms with Gasteiger partial charge in [-0.25, -0.2) is 4.98 Å². The fraction of sp³-hybridized carbons (Fsp3) is 0.318. The minimum Gasteiger partial charge on any atom is -0.345 e. The number of aromatic amines is 1. The minimum absolute atomic E-state index is 0.110. The first-order valence-corrected chi connectivity index (χ1v) is 9.39. The van der Waals surface area contributed by atoms with E-state index in [4.69, 9.17) is 0 Å².